The Kier molecular flexibility index (Phi) is 11.2. The monoisotopic (exact) mass is 700 g/mol. The number of nitrogens with zero attached hydrogens (tertiary/aromatic N) is 1. The maximum atomic E-state index is 13.9. The van der Waals surface area contributed by atoms with Crippen LogP contribution < -0.4 is 0 Å². The molecule has 6 aliphatic rings. The second-order valence-corrected chi connectivity index (χ2v) is 20.0. The number of likely N-dealkylation sites (tertiary alicyclic amines) is 1. The first-order valence-corrected chi connectivity index (χ1v) is 19.9. The van der Waals surface area contributed by atoms with E-state index in [1.807, 2.05) is 0 Å². The number of aliphatic hydroxyl groups is 2. The van der Waals surface area contributed by atoms with Crippen LogP contribution in [-0.4, -0.2) is 76.4 Å². The van der Waals surface area contributed by atoms with E-state index in [4.69, 9.17) is 14.6 Å². The van der Waals surface area contributed by atoms with E-state index in [-0.39, 0.29) is 58.0 Å². The number of hydrogen-bond acceptors (Lipinski definition) is 7. The van der Waals surface area contributed by atoms with Crippen LogP contribution in [0.1, 0.15) is 139 Å². The Balaban J connectivity index is 0.00000156. The van der Waals surface area contributed by atoms with Gasteiger partial charge in [-0.25, -0.2) is 0 Å². The number of esters is 1. The van der Waals surface area contributed by atoms with Crippen molar-refractivity contribution in [3.63, 3.8) is 0 Å². The van der Waals surface area contributed by atoms with E-state index in [1.54, 1.807) is 0 Å². The third kappa shape index (κ3) is 6.88. The van der Waals surface area contributed by atoms with Crippen molar-refractivity contribution in [3.8, 4) is 0 Å². The fourth-order valence-electron chi connectivity index (χ4n) is 13.2. The highest BCUT2D eigenvalue weighted by Gasteiger charge is 2.67. The maximum Gasteiger partial charge on any atom is 0.306 e. The number of Topliss-reactive ketones (excluding diaryl/α,β-unsaturated/α-hetero) is 1. The number of rotatable bonds is 6. The van der Waals surface area contributed by atoms with Gasteiger partial charge in [0.15, 0.2) is 5.78 Å². The van der Waals surface area contributed by atoms with Crippen molar-refractivity contribution in [1.82, 2.24) is 4.90 Å². The predicted molar refractivity (Wildman–Crippen MR) is 195 cm³/mol. The molecule has 5 aliphatic carbocycles. The average Bonchev–Trinajstić information content (AvgIpc) is 3.31. The van der Waals surface area contributed by atoms with E-state index < -0.39 is 11.5 Å². The Hall–Kier alpha value is -1.77. The van der Waals surface area contributed by atoms with E-state index in [0.717, 1.165) is 63.5 Å². The molecule has 8 nitrogen and oxygen atoms in total. The number of carboxylic acid groups (broad SMARTS) is 1. The number of carbonyl (C=O) groups excluding carboxylic acids is 2. The lowest BCUT2D eigenvalue weighted by Gasteiger charge is -2.69. The van der Waals surface area contributed by atoms with Crippen LogP contribution in [0.15, 0.2) is 11.1 Å². The topological polar surface area (TPSA) is 124 Å². The molecule has 1 aliphatic heterocycles. The van der Waals surface area contributed by atoms with E-state index in [1.165, 1.54) is 18.4 Å². The molecule has 10 atom stereocenters. The molecule has 0 radical (unpaired) electrons. The van der Waals surface area contributed by atoms with Crippen LogP contribution in [0.4, 0.5) is 0 Å². The van der Waals surface area contributed by atoms with Crippen molar-refractivity contribution in [2.24, 2.45) is 56.7 Å². The first-order chi connectivity index (χ1) is 23.2. The fraction of sp³-hybridized carbons (Fsp3) is 0.881. The number of hydrogen-bond donors (Lipinski definition) is 3. The van der Waals surface area contributed by atoms with Crippen molar-refractivity contribution < 1.29 is 34.4 Å². The van der Waals surface area contributed by atoms with Gasteiger partial charge in [-0.1, -0.05) is 67.9 Å². The average molecular weight is 700 g/mol. The number of allylic oxidation sites excluding steroid dienone is 1. The summed E-state index contributed by atoms with van der Waals surface area (Å²) in [7, 11) is 0. The summed E-state index contributed by atoms with van der Waals surface area (Å²) < 4.78 is 6.29. The van der Waals surface area contributed by atoms with Crippen LogP contribution in [0.3, 0.4) is 0 Å². The minimum absolute atomic E-state index is 0.0304. The Morgan fingerprint density at radius 3 is 2.26 bits per heavy atom. The van der Waals surface area contributed by atoms with Gasteiger partial charge in [0.05, 0.1) is 18.6 Å². The largest absolute Gasteiger partial charge is 0.483 e. The summed E-state index contributed by atoms with van der Waals surface area (Å²) in [4.78, 5) is 37.5. The molecule has 0 aromatic rings. The van der Waals surface area contributed by atoms with E-state index in [2.05, 4.69) is 67.2 Å². The predicted octanol–water partition coefficient (Wildman–Crippen LogP) is 7.44. The molecule has 5 fully saturated rings. The minimum atomic E-state index is -0.584. The molecular weight excluding hydrogens is 630 g/mol. The number of β-amino-alcohol motifs (C(OH)–C–C–N with tert-alkyl or cyclic N) is 2. The Labute approximate surface area is 302 Å². The zero-order valence-electron chi connectivity index (χ0n) is 32.7. The molecule has 1 saturated heterocycles. The molecular formula is C42H69NO7. The van der Waals surface area contributed by atoms with Crippen molar-refractivity contribution in [2.75, 3.05) is 19.6 Å². The molecule has 50 heavy (non-hydrogen) atoms. The third-order valence-corrected chi connectivity index (χ3v) is 15.1. The summed E-state index contributed by atoms with van der Waals surface area (Å²) >= 11 is 0. The third-order valence-electron chi connectivity index (χ3n) is 15.1. The van der Waals surface area contributed by atoms with Gasteiger partial charge in [-0.2, -0.15) is 0 Å². The molecule has 0 amide bonds. The van der Waals surface area contributed by atoms with Crippen LogP contribution in [0.25, 0.3) is 0 Å². The Morgan fingerprint density at radius 1 is 0.980 bits per heavy atom. The zero-order chi connectivity index (χ0) is 37.0. The van der Waals surface area contributed by atoms with Crippen molar-refractivity contribution in [3.05, 3.63) is 11.1 Å². The number of aliphatic hydroxyl groups excluding tert-OH is 2. The molecule has 10 unspecified atom stereocenters. The molecule has 1 heterocycles. The number of fused-ring (bicyclic) bond motifs is 7. The summed E-state index contributed by atoms with van der Waals surface area (Å²) in [5.41, 5.74) is 2.17. The van der Waals surface area contributed by atoms with Gasteiger partial charge in [-0.3, -0.25) is 19.3 Å². The molecule has 0 aromatic heterocycles. The second kappa shape index (κ2) is 14.2. The standard InChI is InChI=1S/C41H67NO5.CH2O2/c1-25(2)35-29(44)21-41(32(45)24-42-20-10-11-26(43)23-42)19-14-28-27(36(35)41)12-13-31-39(28,8)17-15-30-38(6,7)33(16-18-40(30,31)9)47-34(46)22-37(3,4)5;2-1-3/h25-28,30-33,43,45H,10-24H2,1-9H3;1H,(H,2,3). The lowest BCUT2D eigenvalue weighted by molar-refractivity contribution is -0.214. The number of ether oxygens (including phenoxy) is 1. The molecule has 4 saturated carbocycles. The second-order valence-electron chi connectivity index (χ2n) is 20.0. The number of carbonyl (C=O) groups is 3. The summed E-state index contributed by atoms with van der Waals surface area (Å²) in [6.45, 7) is 22.4. The Bertz CT molecular complexity index is 1320. The first-order valence-electron chi connectivity index (χ1n) is 19.9. The highest BCUT2D eigenvalue weighted by molar-refractivity contribution is 6.00. The van der Waals surface area contributed by atoms with E-state index >= 15 is 0 Å². The summed E-state index contributed by atoms with van der Waals surface area (Å²) in [6.07, 6.45) is 10.4. The van der Waals surface area contributed by atoms with Crippen molar-refractivity contribution in [1.29, 1.82) is 0 Å². The van der Waals surface area contributed by atoms with Crippen LogP contribution in [0.2, 0.25) is 0 Å². The Morgan fingerprint density at radius 2 is 1.64 bits per heavy atom. The van der Waals surface area contributed by atoms with Gasteiger partial charge in [-0.15, -0.1) is 0 Å². The smallest absolute Gasteiger partial charge is 0.306 e. The fourth-order valence-corrected chi connectivity index (χ4v) is 13.2. The lowest BCUT2D eigenvalue weighted by atomic mass is 9.36. The van der Waals surface area contributed by atoms with Gasteiger partial charge >= 0.3 is 5.97 Å². The minimum Gasteiger partial charge on any atom is -0.483 e. The summed E-state index contributed by atoms with van der Waals surface area (Å²) in [5, 5.41) is 29.4. The highest BCUT2D eigenvalue weighted by Crippen LogP contribution is 2.73. The molecule has 6 rings (SSSR count). The van der Waals surface area contributed by atoms with Gasteiger partial charge in [0, 0.05) is 30.3 Å². The van der Waals surface area contributed by atoms with E-state index in [9.17, 15) is 19.8 Å². The zero-order valence-corrected chi connectivity index (χ0v) is 32.7. The van der Waals surface area contributed by atoms with Gasteiger partial charge in [0.2, 0.25) is 0 Å². The quantitative estimate of drug-likeness (QED) is 0.193. The summed E-state index contributed by atoms with van der Waals surface area (Å²) in [5.74, 6) is 2.39. The SMILES string of the molecule is CC(C)C1=C2C3CCC4C(C)(CCC5C(C)(C)C(OC(=O)CC(C)(C)C)CCC54C)C3CCC2(C(O)CN2CCCC(O)C2)CC1=O.O=CO. The molecule has 8 heteroatoms. The molecule has 0 aromatic carbocycles. The van der Waals surface area contributed by atoms with Gasteiger partial charge < -0.3 is 20.1 Å². The van der Waals surface area contributed by atoms with Gasteiger partial charge in [0.1, 0.15) is 6.10 Å². The number of ketones is 1. The maximum absolute atomic E-state index is 13.9. The molecule has 3 N–H and O–H groups in total. The van der Waals surface area contributed by atoms with Crippen LogP contribution in [0, 0.1) is 56.7 Å². The first kappa shape index (κ1) is 39.4. The van der Waals surface area contributed by atoms with Gasteiger partial charge in [0.25, 0.3) is 6.47 Å². The molecule has 284 valence electrons. The number of piperidine rings is 1. The van der Waals surface area contributed by atoms with Crippen LogP contribution >= 0.6 is 0 Å². The normalized spacial score (nSPS) is 40.4. The van der Waals surface area contributed by atoms with Crippen LogP contribution in [0.5, 0.6) is 0 Å². The van der Waals surface area contributed by atoms with E-state index in [0.29, 0.717) is 49.6 Å². The summed E-state index contributed by atoms with van der Waals surface area (Å²) in [6, 6.07) is 0. The van der Waals surface area contributed by atoms with Crippen molar-refractivity contribution >= 4 is 18.2 Å². The lowest BCUT2D eigenvalue weighted by Crippen LogP contribution is -2.63. The highest BCUT2D eigenvalue weighted by atomic mass is 16.5. The molecule has 0 spiro atoms. The van der Waals surface area contributed by atoms with Gasteiger partial charge in [-0.05, 0) is 122 Å². The van der Waals surface area contributed by atoms with Crippen LogP contribution in [-0.2, 0) is 19.1 Å². The van der Waals surface area contributed by atoms with Crippen molar-refractivity contribution in [2.45, 2.75) is 158 Å². The molecule has 0 bridgehead atoms.